The average molecular weight is 395 g/mol. The molecule has 1 aliphatic rings. The van der Waals surface area contributed by atoms with Gasteiger partial charge in [0, 0.05) is 17.0 Å². The van der Waals surface area contributed by atoms with Crippen molar-refractivity contribution in [1.82, 2.24) is 10.2 Å². The van der Waals surface area contributed by atoms with Crippen LogP contribution in [0.15, 0.2) is 29.6 Å². The summed E-state index contributed by atoms with van der Waals surface area (Å²) in [7, 11) is 0. The molecule has 0 saturated heterocycles. The summed E-state index contributed by atoms with van der Waals surface area (Å²) < 4.78 is 39.1. The monoisotopic (exact) mass is 395 g/mol. The van der Waals surface area contributed by atoms with Crippen LogP contribution in [0.2, 0.25) is 0 Å². The van der Waals surface area contributed by atoms with Crippen molar-refractivity contribution in [3.8, 4) is 17.0 Å². The molecule has 1 aliphatic carbocycles. The molecule has 27 heavy (non-hydrogen) atoms. The van der Waals surface area contributed by atoms with Crippen LogP contribution < -0.4 is 5.32 Å². The number of benzene rings is 1. The van der Waals surface area contributed by atoms with Crippen LogP contribution >= 0.6 is 11.3 Å². The van der Waals surface area contributed by atoms with E-state index in [-0.39, 0.29) is 11.6 Å². The second kappa shape index (κ2) is 6.07. The summed E-state index contributed by atoms with van der Waals surface area (Å²) >= 11 is 1.37. The molecule has 9 heteroatoms. The van der Waals surface area contributed by atoms with Crippen LogP contribution in [0.1, 0.15) is 25.3 Å². The van der Waals surface area contributed by atoms with Crippen molar-refractivity contribution in [3.63, 3.8) is 0 Å². The number of anilines is 1. The average Bonchev–Trinajstić information content (AvgIpc) is 3.03. The van der Waals surface area contributed by atoms with E-state index >= 15 is 0 Å². The topological polar surface area (TPSA) is 78.3 Å². The van der Waals surface area contributed by atoms with Gasteiger partial charge in [0.05, 0.1) is 15.9 Å². The molecule has 5 nitrogen and oxygen atoms in total. The molecule has 0 spiro atoms. The molecule has 0 amide bonds. The molecule has 0 aliphatic heterocycles. The number of rotatable bonds is 3. The number of phenolic OH excluding ortho intramolecular Hbond substituents is 1. The first-order chi connectivity index (χ1) is 12.6. The number of hydrogen-bond donors (Lipinski definition) is 3. The lowest BCUT2D eigenvalue weighted by molar-refractivity contribution is -0.137. The molecule has 2 aromatic heterocycles. The van der Waals surface area contributed by atoms with Crippen LogP contribution in [0.25, 0.3) is 21.3 Å². The van der Waals surface area contributed by atoms with Crippen LogP contribution in [0.3, 0.4) is 0 Å². The molecule has 142 valence electrons. The van der Waals surface area contributed by atoms with Crippen molar-refractivity contribution in [2.24, 2.45) is 0 Å². The number of nitrogens with zero attached hydrogens (tertiary/aromatic N) is 2. The normalized spacial score (nSPS) is 22.6. The predicted octanol–water partition coefficient (Wildman–Crippen LogP) is 4.41. The number of phenols is 1. The fourth-order valence-corrected chi connectivity index (χ4v) is 4.26. The van der Waals surface area contributed by atoms with E-state index in [0.717, 1.165) is 11.5 Å². The fourth-order valence-electron chi connectivity index (χ4n) is 3.37. The standard InChI is InChI=1S/C18H16F3N3O2S/c1-17(26)7-10(8-17)22-16-12-4-5-27-15(12)14(23-24-16)11-3-2-9(6-13(11)25)18(19,20)21/h2-6,10,25-26H,7-8H2,1H3,(H,22,24). The summed E-state index contributed by atoms with van der Waals surface area (Å²) in [6.45, 7) is 1.77. The van der Waals surface area contributed by atoms with Gasteiger partial charge in [-0.15, -0.1) is 21.5 Å². The molecule has 3 N–H and O–H groups in total. The van der Waals surface area contributed by atoms with Gasteiger partial charge in [0.2, 0.25) is 0 Å². The van der Waals surface area contributed by atoms with Crippen LogP contribution in [0.5, 0.6) is 5.75 Å². The van der Waals surface area contributed by atoms with Gasteiger partial charge in [-0.1, -0.05) is 0 Å². The zero-order valence-corrected chi connectivity index (χ0v) is 15.0. The number of thiophene rings is 1. The molecule has 0 bridgehead atoms. The van der Waals surface area contributed by atoms with Crippen molar-refractivity contribution in [2.45, 2.75) is 37.6 Å². The lowest BCUT2D eigenvalue weighted by atomic mass is 9.77. The summed E-state index contributed by atoms with van der Waals surface area (Å²) in [5.74, 6) is 0.0616. The van der Waals surface area contributed by atoms with E-state index in [4.69, 9.17) is 0 Å². The van der Waals surface area contributed by atoms with E-state index in [1.54, 1.807) is 6.92 Å². The van der Waals surface area contributed by atoms with Gasteiger partial charge >= 0.3 is 6.18 Å². The Bertz CT molecular complexity index is 1010. The second-order valence-corrected chi connectivity index (χ2v) is 7.95. The minimum absolute atomic E-state index is 0.0859. The Kier molecular flexibility index (Phi) is 4.04. The van der Waals surface area contributed by atoms with Gasteiger partial charge in [0.15, 0.2) is 5.82 Å². The molecular weight excluding hydrogens is 379 g/mol. The zero-order valence-electron chi connectivity index (χ0n) is 14.2. The van der Waals surface area contributed by atoms with Crippen molar-refractivity contribution in [2.75, 3.05) is 5.32 Å². The lowest BCUT2D eigenvalue weighted by Gasteiger charge is -2.41. The molecule has 4 rings (SSSR count). The smallest absolute Gasteiger partial charge is 0.416 e. The molecule has 1 fully saturated rings. The molecule has 0 radical (unpaired) electrons. The maximum Gasteiger partial charge on any atom is 0.416 e. The number of aromatic nitrogens is 2. The number of nitrogens with one attached hydrogen (secondary N) is 1. The van der Waals surface area contributed by atoms with Gasteiger partial charge in [0.25, 0.3) is 0 Å². The van der Waals surface area contributed by atoms with Crippen LogP contribution in [0, 0.1) is 0 Å². The van der Waals surface area contributed by atoms with Gasteiger partial charge in [-0.25, -0.2) is 0 Å². The van der Waals surface area contributed by atoms with Crippen molar-refractivity contribution in [3.05, 3.63) is 35.2 Å². The Morgan fingerprint density at radius 2 is 1.96 bits per heavy atom. The van der Waals surface area contributed by atoms with E-state index in [1.807, 2.05) is 11.4 Å². The van der Waals surface area contributed by atoms with Gasteiger partial charge in [-0.05, 0) is 49.4 Å². The van der Waals surface area contributed by atoms with Gasteiger partial charge in [0.1, 0.15) is 11.4 Å². The Morgan fingerprint density at radius 3 is 2.59 bits per heavy atom. The van der Waals surface area contributed by atoms with E-state index < -0.39 is 23.1 Å². The molecule has 2 heterocycles. The number of aliphatic hydroxyl groups is 1. The molecule has 3 aromatic rings. The Labute approximate surface area is 156 Å². The summed E-state index contributed by atoms with van der Waals surface area (Å²) in [4.78, 5) is 0. The van der Waals surface area contributed by atoms with Gasteiger partial charge < -0.3 is 15.5 Å². The first-order valence-corrected chi connectivity index (χ1v) is 9.15. The highest BCUT2D eigenvalue weighted by Crippen LogP contribution is 2.41. The Hall–Kier alpha value is -2.39. The Balaban J connectivity index is 1.70. The number of fused-ring (bicyclic) bond motifs is 1. The number of hydrogen-bond acceptors (Lipinski definition) is 6. The van der Waals surface area contributed by atoms with Crippen molar-refractivity contribution >= 4 is 27.2 Å². The summed E-state index contributed by atoms with van der Waals surface area (Å²) in [5, 5.41) is 34.1. The summed E-state index contributed by atoms with van der Waals surface area (Å²) in [5.41, 5.74) is -1.07. The first kappa shape index (κ1) is 18.0. The minimum atomic E-state index is -4.53. The summed E-state index contributed by atoms with van der Waals surface area (Å²) in [6.07, 6.45) is -3.33. The largest absolute Gasteiger partial charge is 0.507 e. The van der Waals surface area contributed by atoms with Gasteiger partial charge in [-0.2, -0.15) is 13.2 Å². The molecular formula is C18H16F3N3O2S. The minimum Gasteiger partial charge on any atom is -0.507 e. The highest BCUT2D eigenvalue weighted by atomic mass is 32.1. The maximum atomic E-state index is 12.8. The lowest BCUT2D eigenvalue weighted by Crippen LogP contribution is -2.48. The highest BCUT2D eigenvalue weighted by molar-refractivity contribution is 7.17. The van der Waals surface area contributed by atoms with Crippen molar-refractivity contribution in [1.29, 1.82) is 0 Å². The van der Waals surface area contributed by atoms with E-state index in [1.165, 1.54) is 17.4 Å². The number of halogens is 3. The molecule has 1 aromatic carbocycles. The van der Waals surface area contributed by atoms with E-state index in [2.05, 4.69) is 15.5 Å². The maximum absolute atomic E-state index is 12.8. The molecule has 0 unspecified atom stereocenters. The van der Waals surface area contributed by atoms with E-state index in [0.29, 0.717) is 35.1 Å². The third kappa shape index (κ3) is 3.32. The molecule has 1 saturated carbocycles. The quantitative estimate of drug-likeness (QED) is 0.612. The van der Waals surface area contributed by atoms with Crippen LogP contribution in [-0.4, -0.2) is 32.1 Å². The second-order valence-electron chi connectivity index (χ2n) is 7.04. The Morgan fingerprint density at radius 1 is 1.22 bits per heavy atom. The van der Waals surface area contributed by atoms with Crippen molar-refractivity contribution < 1.29 is 23.4 Å². The fraction of sp³-hybridized carbons (Fsp3) is 0.333. The third-order valence-electron chi connectivity index (χ3n) is 4.68. The molecule has 0 atom stereocenters. The summed E-state index contributed by atoms with van der Waals surface area (Å²) in [6, 6.07) is 4.75. The SMILES string of the molecule is CC1(O)CC(Nc2nnc(-c3ccc(C(F)(F)F)cc3O)c3sccc23)C1. The van der Waals surface area contributed by atoms with Crippen LogP contribution in [0.4, 0.5) is 19.0 Å². The zero-order chi connectivity index (χ0) is 19.4. The van der Waals surface area contributed by atoms with Crippen LogP contribution in [-0.2, 0) is 6.18 Å². The number of aromatic hydroxyl groups is 1. The van der Waals surface area contributed by atoms with Gasteiger partial charge in [-0.3, -0.25) is 0 Å². The number of alkyl halides is 3. The highest BCUT2D eigenvalue weighted by Gasteiger charge is 2.38. The first-order valence-electron chi connectivity index (χ1n) is 8.27. The third-order valence-corrected chi connectivity index (χ3v) is 5.60. The van der Waals surface area contributed by atoms with E-state index in [9.17, 15) is 23.4 Å². The predicted molar refractivity (Wildman–Crippen MR) is 96.8 cm³/mol.